The molecular formula is C20H19ClN4O2. The molecule has 0 saturated carbocycles. The van der Waals surface area contributed by atoms with Gasteiger partial charge in [0, 0.05) is 16.8 Å². The third-order valence-corrected chi connectivity index (χ3v) is 4.01. The maximum absolute atomic E-state index is 12.6. The van der Waals surface area contributed by atoms with Crippen molar-refractivity contribution in [3.8, 4) is 5.75 Å². The Balaban J connectivity index is 1.86. The molecule has 0 saturated heterocycles. The molecule has 0 radical (unpaired) electrons. The van der Waals surface area contributed by atoms with Crippen LogP contribution in [-0.4, -0.2) is 23.0 Å². The molecule has 0 unspecified atom stereocenters. The van der Waals surface area contributed by atoms with E-state index in [-0.39, 0.29) is 11.6 Å². The van der Waals surface area contributed by atoms with Crippen molar-refractivity contribution >= 4 is 34.7 Å². The normalized spacial score (nSPS) is 10.4. The molecule has 2 N–H and O–H groups in total. The number of ether oxygens (including phenoxy) is 1. The topological polar surface area (TPSA) is 76.1 Å². The lowest BCUT2D eigenvalue weighted by Crippen LogP contribution is -2.15. The molecule has 138 valence electrons. The van der Waals surface area contributed by atoms with Crippen LogP contribution in [0.25, 0.3) is 0 Å². The minimum atomic E-state index is -0.345. The van der Waals surface area contributed by atoms with E-state index in [1.54, 1.807) is 44.4 Å². The van der Waals surface area contributed by atoms with Gasteiger partial charge in [-0.3, -0.25) is 4.79 Å². The molecule has 0 aliphatic rings. The number of amides is 1. The number of nitrogens with one attached hydrogen (secondary N) is 2. The van der Waals surface area contributed by atoms with Gasteiger partial charge in [-0.2, -0.15) is 0 Å². The van der Waals surface area contributed by atoms with Gasteiger partial charge in [0.05, 0.1) is 12.8 Å². The van der Waals surface area contributed by atoms with Crippen LogP contribution in [0.3, 0.4) is 0 Å². The van der Waals surface area contributed by atoms with Crippen LogP contribution in [0, 0.1) is 13.8 Å². The van der Waals surface area contributed by atoms with Gasteiger partial charge in [0.15, 0.2) is 0 Å². The predicted molar refractivity (Wildman–Crippen MR) is 107 cm³/mol. The van der Waals surface area contributed by atoms with Crippen LogP contribution in [0.2, 0.25) is 5.02 Å². The van der Waals surface area contributed by atoms with Crippen molar-refractivity contribution in [2.24, 2.45) is 0 Å². The Bertz CT molecular complexity index is 991. The average Bonchev–Trinajstić information content (AvgIpc) is 2.61. The SMILES string of the molecule is COc1ccc(C)cc1Nc1cc(C(=O)Nc2cccc(Cl)c2)nc(C)n1. The second-order valence-corrected chi connectivity index (χ2v) is 6.42. The van der Waals surface area contributed by atoms with Gasteiger partial charge < -0.3 is 15.4 Å². The van der Waals surface area contributed by atoms with Crippen molar-refractivity contribution in [2.75, 3.05) is 17.7 Å². The molecule has 3 aromatic rings. The standard InChI is InChI=1S/C20H19ClN4O2/c1-12-7-8-18(27-3)16(9-12)25-19-11-17(22-13(2)23-19)20(26)24-15-6-4-5-14(21)10-15/h4-11H,1-3H3,(H,24,26)(H,22,23,25). The highest BCUT2D eigenvalue weighted by atomic mass is 35.5. The summed E-state index contributed by atoms with van der Waals surface area (Å²) in [4.78, 5) is 21.1. The second kappa shape index (κ2) is 8.05. The summed E-state index contributed by atoms with van der Waals surface area (Å²) in [5.74, 6) is 1.31. The van der Waals surface area contributed by atoms with E-state index in [9.17, 15) is 4.79 Å². The number of carbonyl (C=O) groups is 1. The molecule has 7 heteroatoms. The number of aryl methyl sites for hydroxylation is 2. The Morgan fingerprint density at radius 1 is 1.07 bits per heavy atom. The maximum atomic E-state index is 12.6. The van der Waals surface area contributed by atoms with Gasteiger partial charge in [-0.25, -0.2) is 9.97 Å². The fourth-order valence-corrected chi connectivity index (χ4v) is 2.76. The van der Waals surface area contributed by atoms with Crippen LogP contribution in [0.5, 0.6) is 5.75 Å². The van der Waals surface area contributed by atoms with Crippen molar-refractivity contribution in [3.63, 3.8) is 0 Å². The molecule has 0 spiro atoms. The first-order valence-electron chi connectivity index (χ1n) is 8.29. The second-order valence-electron chi connectivity index (χ2n) is 5.98. The van der Waals surface area contributed by atoms with Gasteiger partial charge >= 0.3 is 0 Å². The Morgan fingerprint density at radius 3 is 2.63 bits per heavy atom. The van der Waals surface area contributed by atoms with E-state index >= 15 is 0 Å². The molecule has 3 rings (SSSR count). The first-order chi connectivity index (χ1) is 12.9. The quantitative estimate of drug-likeness (QED) is 0.665. The first-order valence-corrected chi connectivity index (χ1v) is 8.66. The summed E-state index contributed by atoms with van der Waals surface area (Å²) < 4.78 is 5.37. The van der Waals surface area contributed by atoms with Crippen molar-refractivity contribution in [2.45, 2.75) is 13.8 Å². The van der Waals surface area contributed by atoms with Gasteiger partial charge in [-0.1, -0.05) is 23.7 Å². The molecule has 1 heterocycles. The van der Waals surface area contributed by atoms with Crippen molar-refractivity contribution < 1.29 is 9.53 Å². The highest BCUT2D eigenvalue weighted by molar-refractivity contribution is 6.30. The number of hydrogen-bond acceptors (Lipinski definition) is 5. The van der Waals surface area contributed by atoms with Crippen LogP contribution in [0.15, 0.2) is 48.5 Å². The summed E-state index contributed by atoms with van der Waals surface area (Å²) in [6.45, 7) is 3.72. The van der Waals surface area contributed by atoms with Crippen LogP contribution in [-0.2, 0) is 0 Å². The lowest BCUT2D eigenvalue weighted by atomic mass is 10.2. The van der Waals surface area contributed by atoms with Crippen molar-refractivity contribution in [1.82, 2.24) is 9.97 Å². The number of aromatic nitrogens is 2. The van der Waals surface area contributed by atoms with Gasteiger partial charge in [-0.05, 0) is 49.7 Å². The smallest absolute Gasteiger partial charge is 0.274 e. The third kappa shape index (κ3) is 4.74. The first kappa shape index (κ1) is 18.7. The lowest BCUT2D eigenvalue weighted by Gasteiger charge is -2.13. The Kier molecular flexibility index (Phi) is 5.57. The largest absolute Gasteiger partial charge is 0.495 e. The minimum absolute atomic E-state index is 0.247. The van der Waals surface area contributed by atoms with Gasteiger partial charge in [0.1, 0.15) is 23.1 Å². The zero-order valence-electron chi connectivity index (χ0n) is 15.2. The third-order valence-electron chi connectivity index (χ3n) is 3.77. The molecule has 0 aliphatic heterocycles. The predicted octanol–water partition coefficient (Wildman–Crippen LogP) is 4.75. The summed E-state index contributed by atoms with van der Waals surface area (Å²) in [7, 11) is 1.60. The molecular weight excluding hydrogens is 364 g/mol. The number of anilines is 3. The highest BCUT2D eigenvalue weighted by Crippen LogP contribution is 2.28. The number of methoxy groups -OCH3 is 1. The van der Waals surface area contributed by atoms with Crippen LogP contribution in [0.1, 0.15) is 21.9 Å². The zero-order chi connectivity index (χ0) is 19.4. The summed E-state index contributed by atoms with van der Waals surface area (Å²) in [6, 6.07) is 14.3. The van der Waals surface area contributed by atoms with Gasteiger partial charge in [0.2, 0.25) is 0 Å². The fourth-order valence-electron chi connectivity index (χ4n) is 2.57. The van der Waals surface area contributed by atoms with E-state index in [1.165, 1.54) is 0 Å². The lowest BCUT2D eigenvalue weighted by molar-refractivity contribution is 0.102. The fraction of sp³-hybridized carbons (Fsp3) is 0.150. The van der Waals surface area contributed by atoms with Crippen LogP contribution in [0.4, 0.5) is 17.2 Å². The Morgan fingerprint density at radius 2 is 1.89 bits per heavy atom. The van der Waals surface area contributed by atoms with Crippen LogP contribution >= 0.6 is 11.6 Å². The molecule has 0 aliphatic carbocycles. The number of rotatable bonds is 5. The zero-order valence-corrected chi connectivity index (χ0v) is 16.0. The molecule has 0 bridgehead atoms. The molecule has 0 fully saturated rings. The Labute approximate surface area is 162 Å². The minimum Gasteiger partial charge on any atom is -0.495 e. The highest BCUT2D eigenvalue weighted by Gasteiger charge is 2.12. The number of benzene rings is 2. The van der Waals surface area contributed by atoms with Crippen molar-refractivity contribution in [3.05, 3.63) is 70.6 Å². The summed E-state index contributed by atoms with van der Waals surface area (Å²) in [6.07, 6.45) is 0. The van der Waals surface area contributed by atoms with Gasteiger partial charge in [0.25, 0.3) is 5.91 Å². The number of carbonyl (C=O) groups excluding carboxylic acids is 1. The monoisotopic (exact) mass is 382 g/mol. The molecule has 27 heavy (non-hydrogen) atoms. The van der Waals surface area contributed by atoms with Crippen molar-refractivity contribution in [1.29, 1.82) is 0 Å². The average molecular weight is 383 g/mol. The van der Waals surface area contributed by atoms with Crippen LogP contribution < -0.4 is 15.4 Å². The molecule has 1 aromatic heterocycles. The number of halogens is 1. The maximum Gasteiger partial charge on any atom is 0.274 e. The van der Waals surface area contributed by atoms with E-state index in [4.69, 9.17) is 16.3 Å². The van der Waals surface area contributed by atoms with E-state index in [1.807, 2.05) is 25.1 Å². The molecule has 2 aromatic carbocycles. The summed E-state index contributed by atoms with van der Waals surface area (Å²) in [5, 5.41) is 6.52. The van der Waals surface area contributed by atoms with E-state index < -0.39 is 0 Å². The van der Waals surface area contributed by atoms with Gasteiger partial charge in [-0.15, -0.1) is 0 Å². The number of hydrogen-bond donors (Lipinski definition) is 2. The molecule has 6 nitrogen and oxygen atoms in total. The van der Waals surface area contributed by atoms with E-state index in [0.717, 1.165) is 11.3 Å². The molecule has 1 amide bonds. The molecule has 0 atom stereocenters. The van der Waals surface area contributed by atoms with E-state index in [2.05, 4.69) is 20.6 Å². The summed E-state index contributed by atoms with van der Waals surface area (Å²) in [5.41, 5.74) is 2.68. The Hall–Kier alpha value is -3.12. The number of nitrogens with zero attached hydrogens (tertiary/aromatic N) is 2. The van der Waals surface area contributed by atoms with E-state index in [0.29, 0.717) is 28.1 Å². The summed E-state index contributed by atoms with van der Waals surface area (Å²) >= 11 is 5.96.